The highest BCUT2D eigenvalue weighted by Gasteiger charge is 2.42. The van der Waals surface area contributed by atoms with Gasteiger partial charge in [0.15, 0.2) is 17.3 Å². The van der Waals surface area contributed by atoms with E-state index in [1.54, 1.807) is 0 Å². The number of fused-ring (bicyclic) bond motifs is 4. The van der Waals surface area contributed by atoms with Crippen molar-refractivity contribution in [1.82, 2.24) is 9.88 Å². The Morgan fingerprint density at radius 3 is 2.67 bits per heavy atom. The van der Waals surface area contributed by atoms with Gasteiger partial charge in [-0.15, -0.1) is 0 Å². The summed E-state index contributed by atoms with van der Waals surface area (Å²) in [6.45, 7) is 10.4. The van der Waals surface area contributed by atoms with Crippen LogP contribution in [0.25, 0.3) is 6.08 Å². The summed E-state index contributed by atoms with van der Waals surface area (Å²) in [5.41, 5.74) is 5.61. The molecule has 6 rings (SSSR count). The molecule has 4 aliphatic rings. The van der Waals surface area contributed by atoms with Crippen molar-refractivity contribution in [3.05, 3.63) is 51.3 Å². The minimum absolute atomic E-state index is 0.0303. The first-order valence-electron chi connectivity index (χ1n) is 13.4. The number of carbonyl (C=O) groups excluding carboxylic acids is 1. The first kappa shape index (κ1) is 23.4. The van der Waals surface area contributed by atoms with E-state index in [2.05, 4.69) is 35.9 Å². The molecule has 6 heteroatoms. The molecule has 1 saturated carbocycles. The van der Waals surface area contributed by atoms with Gasteiger partial charge in [0.1, 0.15) is 6.10 Å². The van der Waals surface area contributed by atoms with E-state index in [0.717, 1.165) is 65.0 Å². The largest absolute Gasteiger partial charge is 0.487 e. The second-order valence-electron chi connectivity index (χ2n) is 11.6. The summed E-state index contributed by atoms with van der Waals surface area (Å²) in [5.74, 6) is 1.41. The molecule has 1 aliphatic heterocycles. The van der Waals surface area contributed by atoms with Crippen molar-refractivity contribution in [2.24, 2.45) is 0 Å². The number of likely N-dealkylation sites (tertiary alicyclic amines) is 1. The van der Waals surface area contributed by atoms with Crippen molar-refractivity contribution >= 4 is 11.9 Å². The highest BCUT2D eigenvalue weighted by atomic mass is 16.5. The molecule has 1 N–H and O–H groups in total. The number of benzene rings is 1. The van der Waals surface area contributed by atoms with Crippen LogP contribution in [0.4, 0.5) is 0 Å². The quantitative estimate of drug-likeness (QED) is 0.602. The van der Waals surface area contributed by atoms with Gasteiger partial charge in [-0.3, -0.25) is 9.69 Å². The summed E-state index contributed by atoms with van der Waals surface area (Å²) in [5, 5.41) is 9.40. The maximum atomic E-state index is 13.9. The van der Waals surface area contributed by atoms with Gasteiger partial charge >= 0.3 is 0 Å². The van der Waals surface area contributed by atoms with E-state index in [1.807, 2.05) is 26.0 Å². The molecule has 2 fully saturated rings. The van der Waals surface area contributed by atoms with Crippen LogP contribution >= 0.6 is 0 Å². The number of ketones is 1. The summed E-state index contributed by atoms with van der Waals surface area (Å²) in [6, 6.07) is 6.96. The SMILES string of the molecule is CC(C)Oc1cc2c(cc1O[C@@H]1CCN(C3CCC3)C1)C(C)(C)c1[nH]c3c(c1C2=O)CCC(C#N)=C3. The molecule has 0 spiro atoms. The Hall–Kier alpha value is -3.04. The molecule has 1 saturated heterocycles. The zero-order chi connectivity index (χ0) is 25.2. The van der Waals surface area contributed by atoms with Gasteiger partial charge in [-0.05, 0) is 75.3 Å². The van der Waals surface area contributed by atoms with E-state index in [-0.39, 0.29) is 18.0 Å². The molecule has 0 unspecified atom stereocenters. The van der Waals surface area contributed by atoms with Crippen LogP contribution in [-0.2, 0) is 11.8 Å². The minimum atomic E-state index is -0.418. The van der Waals surface area contributed by atoms with Crippen molar-refractivity contribution in [1.29, 1.82) is 5.26 Å². The highest BCUT2D eigenvalue weighted by Crippen LogP contribution is 2.48. The second kappa shape index (κ2) is 8.52. The van der Waals surface area contributed by atoms with Gasteiger partial charge in [0.2, 0.25) is 0 Å². The number of ether oxygens (including phenoxy) is 2. The standard InChI is InChI=1S/C30H35N3O3/c1-17(2)35-25-13-22-23(14-26(25)36-20-10-11-33(16-20)19-6-5-7-19)30(3,4)29-27(28(22)34)21-9-8-18(15-31)12-24(21)32-29/h12-14,17,19-20,32H,5-11,16H2,1-4H3/t20-/m1/s1. The van der Waals surface area contributed by atoms with Crippen molar-refractivity contribution in [2.45, 2.75) is 89.9 Å². The third-order valence-corrected chi connectivity index (χ3v) is 8.52. The summed E-state index contributed by atoms with van der Waals surface area (Å²) >= 11 is 0. The Morgan fingerprint density at radius 2 is 1.97 bits per heavy atom. The molecule has 0 bridgehead atoms. The van der Waals surface area contributed by atoms with Crippen molar-refractivity contribution in [3.8, 4) is 17.6 Å². The highest BCUT2D eigenvalue weighted by molar-refractivity contribution is 6.15. The van der Waals surface area contributed by atoms with Gasteiger partial charge in [-0.1, -0.05) is 20.3 Å². The van der Waals surface area contributed by atoms with Gasteiger partial charge < -0.3 is 14.5 Å². The lowest BCUT2D eigenvalue weighted by Crippen LogP contribution is -2.39. The molecule has 6 nitrogen and oxygen atoms in total. The smallest absolute Gasteiger partial charge is 0.195 e. The molecule has 0 amide bonds. The molecular formula is C30H35N3O3. The van der Waals surface area contributed by atoms with Crippen LogP contribution in [-0.4, -0.2) is 47.0 Å². The van der Waals surface area contributed by atoms with Crippen molar-refractivity contribution in [2.75, 3.05) is 13.1 Å². The first-order valence-corrected chi connectivity index (χ1v) is 13.4. The Bertz CT molecular complexity index is 1310. The van der Waals surface area contributed by atoms with Crippen molar-refractivity contribution in [3.63, 3.8) is 0 Å². The van der Waals surface area contributed by atoms with Crippen LogP contribution in [0, 0.1) is 11.3 Å². The van der Waals surface area contributed by atoms with Crippen LogP contribution < -0.4 is 9.47 Å². The number of H-pyrrole nitrogens is 1. The average Bonchev–Trinajstić information content (AvgIpc) is 3.41. The van der Waals surface area contributed by atoms with E-state index in [1.165, 1.54) is 19.3 Å². The number of aromatic amines is 1. The van der Waals surface area contributed by atoms with Crippen LogP contribution in [0.3, 0.4) is 0 Å². The van der Waals surface area contributed by atoms with Crippen LogP contribution in [0.5, 0.6) is 11.5 Å². The van der Waals surface area contributed by atoms with Gasteiger partial charge in [0, 0.05) is 52.6 Å². The zero-order valence-electron chi connectivity index (χ0n) is 21.7. The van der Waals surface area contributed by atoms with Crippen LogP contribution in [0.2, 0.25) is 0 Å². The third kappa shape index (κ3) is 3.67. The van der Waals surface area contributed by atoms with E-state index >= 15 is 0 Å². The molecule has 36 heavy (non-hydrogen) atoms. The molecule has 2 heterocycles. The molecule has 1 aromatic carbocycles. The maximum Gasteiger partial charge on any atom is 0.195 e. The number of nitrogens with zero attached hydrogens (tertiary/aromatic N) is 2. The average molecular weight is 486 g/mol. The van der Waals surface area contributed by atoms with Gasteiger partial charge in [0.25, 0.3) is 0 Å². The minimum Gasteiger partial charge on any atom is -0.487 e. The molecule has 2 aromatic rings. The topological polar surface area (TPSA) is 78.3 Å². The number of nitrogens with one attached hydrogen (secondary N) is 1. The van der Waals surface area contributed by atoms with Crippen molar-refractivity contribution < 1.29 is 14.3 Å². The summed E-state index contributed by atoms with van der Waals surface area (Å²) in [7, 11) is 0. The van der Waals surface area contributed by atoms with Gasteiger partial charge in [-0.2, -0.15) is 5.26 Å². The Kier molecular flexibility index (Phi) is 5.53. The monoisotopic (exact) mass is 485 g/mol. The number of hydrogen-bond acceptors (Lipinski definition) is 5. The lowest BCUT2D eigenvalue weighted by atomic mass is 9.70. The molecule has 1 aromatic heterocycles. The summed E-state index contributed by atoms with van der Waals surface area (Å²) in [6.07, 6.45) is 8.33. The number of rotatable bonds is 5. The van der Waals surface area contributed by atoms with E-state index in [0.29, 0.717) is 24.2 Å². The molecule has 1 atom stereocenters. The maximum absolute atomic E-state index is 13.9. The third-order valence-electron chi connectivity index (χ3n) is 8.52. The Balaban J connectivity index is 1.39. The number of aromatic nitrogens is 1. The number of carbonyl (C=O) groups is 1. The fourth-order valence-electron chi connectivity index (χ4n) is 6.34. The normalized spacial score (nSPS) is 22.8. The van der Waals surface area contributed by atoms with E-state index in [4.69, 9.17) is 9.47 Å². The molecule has 3 aliphatic carbocycles. The summed E-state index contributed by atoms with van der Waals surface area (Å²) < 4.78 is 12.8. The predicted molar refractivity (Wildman–Crippen MR) is 139 cm³/mol. The molecule has 188 valence electrons. The van der Waals surface area contributed by atoms with Gasteiger partial charge in [0.05, 0.1) is 12.2 Å². The Labute approximate surface area is 213 Å². The lowest BCUT2D eigenvalue weighted by Gasteiger charge is -2.35. The fraction of sp³-hybridized carbons (Fsp3) is 0.533. The van der Waals surface area contributed by atoms with Crippen LogP contribution in [0.15, 0.2) is 17.7 Å². The second-order valence-corrected chi connectivity index (χ2v) is 11.6. The van der Waals surface area contributed by atoms with E-state index in [9.17, 15) is 10.1 Å². The number of nitriles is 1. The zero-order valence-corrected chi connectivity index (χ0v) is 21.7. The van der Waals surface area contributed by atoms with Gasteiger partial charge in [-0.25, -0.2) is 0 Å². The predicted octanol–water partition coefficient (Wildman–Crippen LogP) is 5.53. The first-order chi connectivity index (χ1) is 17.3. The molecule has 0 radical (unpaired) electrons. The lowest BCUT2D eigenvalue weighted by molar-refractivity contribution is 0.102. The van der Waals surface area contributed by atoms with Crippen LogP contribution in [0.1, 0.15) is 98.2 Å². The number of hydrogen-bond donors (Lipinski definition) is 1. The Morgan fingerprint density at radius 1 is 1.17 bits per heavy atom. The fourth-order valence-corrected chi connectivity index (χ4v) is 6.34. The number of allylic oxidation sites excluding steroid dienone is 1. The van der Waals surface area contributed by atoms with E-state index < -0.39 is 5.41 Å². The summed E-state index contributed by atoms with van der Waals surface area (Å²) in [4.78, 5) is 20.0. The molecular weight excluding hydrogens is 450 g/mol.